The van der Waals surface area contributed by atoms with Gasteiger partial charge in [-0.1, -0.05) is 162 Å². The number of fused-ring (bicyclic) bond motifs is 2. The van der Waals surface area contributed by atoms with Gasteiger partial charge >= 0.3 is 0 Å². The minimum absolute atomic E-state index is 0. The number of rotatable bonds is 7. The molecule has 0 radical (unpaired) electrons. The fourth-order valence-corrected chi connectivity index (χ4v) is 9.27. The minimum Gasteiger partial charge on any atom is -0.507 e. The van der Waals surface area contributed by atoms with E-state index in [4.69, 9.17) is 9.97 Å². The normalized spacial score (nSPS) is 12.8. The number of phenols is 1. The smallest absolute Gasteiger partial charge is 0.148 e. The fourth-order valence-electron chi connectivity index (χ4n) is 9.27. The van der Waals surface area contributed by atoms with E-state index in [9.17, 15) is 5.11 Å². The Morgan fingerprint density at radius 3 is 1.82 bits per heavy atom. The summed E-state index contributed by atoms with van der Waals surface area (Å²) >= 11 is 0. The van der Waals surface area contributed by atoms with Crippen molar-refractivity contribution in [2.24, 2.45) is 0 Å². The Morgan fingerprint density at radius 1 is 0.523 bits per heavy atom. The zero-order valence-corrected chi connectivity index (χ0v) is 40.3. The second-order valence-corrected chi connectivity index (χ2v) is 19.5. The van der Waals surface area contributed by atoms with Gasteiger partial charge in [0.2, 0.25) is 0 Å². The number of phenolic OH excluding ortho intramolecular Hbond substituents is 1. The van der Waals surface area contributed by atoms with Gasteiger partial charge in [0.15, 0.2) is 0 Å². The van der Waals surface area contributed by atoms with Gasteiger partial charge in [-0.3, -0.25) is 9.55 Å². The van der Waals surface area contributed by atoms with Gasteiger partial charge < -0.3 is 5.11 Å². The molecule has 9 aromatic rings. The molecule has 2 heterocycles. The summed E-state index contributed by atoms with van der Waals surface area (Å²) in [5, 5.41) is 11.9. The van der Waals surface area contributed by atoms with Crippen molar-refractivity contribution in [2.75, 3.05) is 0 Å². The summed E-state index contributed by atoms with van der Waals surface area (Å²) in [4.78, 5) is 10.5. The molecule has 2 aromatic heterocycles. The van der Waals surface area contributed by atoms with Gasteiger partial charge in [0.25, 0.3) is 0 Å². The first-order chi connectivity index (χ1) is 30.9. The maximum absolute atomic E-state index is 11.9. The number of aromatic nitrogens is 3. The molecule has 0 fully saturated rings. The Bertz CT molecular complexity index is 3170. The van der Waals surface area contributed by atoms with E-state index in [0.29, 0.717) is 5.82 Å². The van der Waals surface area contributed by atoms with Gasteiger partial charge in [-0.25, -0.2) is 4.98 Å². The van der Waals surface area contributed by atoms with Crippen molar-refractivity contribution in [1.29, 1.82) is 0 Å². The SMILES string of the molecule is CC(C)(C)c1cc(-c2cc(-c3ccc(-c4ccccc4)cc3)ccn2)[c-]c(-c2cccc3c2nc(-c2cc4c(cc2O)CCCC4)n3-c2ccc(C(C)(C)C)cc2-c2ccccc2)c1.[Pt]. The van der Waals surface area contributed by atoms with Crippen LogP contribution in [-0.4, -0.2) is 19.6 Å². The van der Waals surface area contributed by atoms with Crippen molar-refractivity contribution < 1.29 is 26.2 Å². The largest absolute Gasteiger partial charge is 0.507 e. The molecule has 1 aliphatic carbocycles. The van der Waals surface area contributed by atoms with Crippen LogP contribution in [0.4, 0.5) is 0 Å². The number of pyridine rings is 1. The predicted octanol–water partition coefficient (Wildman–Crippen LogP) is 15.4. The van der Waals surface area contributed by atoms with E-state index in [1.165, 1.54) is 33.4 Å². The maximum Gasteiger partial charge on any atom is 0.148 e. The first kappa shape index (κ1) is 43.9. The van der Waals surface area contributed by atoms with Crippen molar-refractivity contribution in [3.8, 4) is 78.6 Å². The minimum atomic E-state index is -0.157. The van der Waals surface area contributed by atoms with Gasteiger partial charge in [0, 0.05) is 38.5 Å². The monoisotopic (exact) mass is 1030 g/mol. The van der Waals surface area contributed by atoms with E-state index in [2.05, 4.69) is 198 Å². The summed E-state index contributed by atoms with van der Waals surface area (Å²) in [5.74, 6) is 0.976. The summed E-state index contributed by atoms with van der Waals surface area (Å²) in [7, 11) is 0. The molecular weight excluding hydrogens is 974 g/mol. The van der Waals surface area contributed by atoms with Crippen LogP contribution in [0, 0.1) is 6.07 Å². The van der Waals surface area contributed by atoms with E-state index >= 15 is 0 Å². The van der Waals surface area contributed by atoms with Gasteiger partial charge in [0.05, 0.1) is 22.3 Å². The number of aromatic hydroxyl groups is 1. The van der Waals surface area contributed by atoms with Crippen molar-refractivity contribution in [3.05, 3.63) is 192 Å². The first-order valence-corrected chi connectivity index (χ1v) is 22.7. The number of hydrogen-bond acceptors (Lipinski definition) is 3. The number of para-hydroxylation sites is 1. The Hall–Kier alpha value is -6.35. The predicted molar refractivity (Wildman–Crippen MR) is 266 cm³/mol. The number of hydrogen-bond donors (Lipinski definition) is 1. The zero-order chi connectivity index (χ0) is 44.2. The summed E-state index contributed by atoms with van der Waals surface area (Å²) < 4.78 is 2.28. The van der Waals surface area contributed by atoms with Crippen LogP contribution in [-0.2, 0) is 44.7 Å². The Balaban J connectivity index is 0.00000533. The van der Waals surface area contributed by atoms with Crippen LogP contribution in [0.3, 0.4) is 0 Å². The average molecular weight is 1030 g/mol. The van der Waals surface area contributed by atoms with Crippen LogP contribution in [0.1, 0.15) is 76.6 Å². The van der Waals surface area contributed by atoms with Crippen LogP contribution >= 0.6 is 0 Å². The quantitative estimate of drug-likeness (QED) is 0.162. The van der Waals surface area contributed by atoms with Crippen LogP contribution < -0.4 is 0 Å². The van der Waals surface area contributed by atoms with Crippen molar-refractivity contribution in [2.45, 2.75) is 78.1 Å². The molecule has 0 atom stereocenters. The Kier molecular flexibility index (Phi) is 11.9. The summed E-state index contributed by atoms with van der Waals surface area (Å²) in [6.45, 7) is 13.6. The second kappa shape index (κ2) is 17.6. The summed E-state index contributed by atoms with van der Waals surface area (Å²) in [6, 6.07) is 60.0. The third-order valence-corrected chi connectivity index (χ3v) is 13.0. The molecule has 7 aromatic carbocycles. The third-order valence-electron chi connectivity index (χ3n) is 13.0. The number of nitrogens with zero attached hydrogens (tertiary/aromatic N) is 3. The maximum atomic E-state index is 11.9. The van der Waals surface area contributed by atoms with E-state index in [1.54, 1.807) is 0 Å². The van der Waals surface area contributed by atoms with Crippen molar-refractivity contribution in [3.63, 3.8) is 0 Å². The summed E-state index contributed by atoms with van der Waals surface area (Å²) in [6.07, 6.45) is 6.17. The molecule has 326 valence electrons. The molecule has 4 nitrogen and oxygen atoms in total. The molecule has 0 unspecified atom stereocenters. The van der Waals surface area contributed by atoms with Gasteiger partial charge in [0.1, 0.15) is 11.6 Å². The number of benzene rings is 7. The van der Waals surface area contributed by atoms with E-state index < -0.39 is 0 Å². The topological polar surface area (TPSA) is 50.9 Å². The van der Waals surface area contributed by atoms with Crippen LogP contribution in [0.25, 0.3) is 83.9 Å². The van der Waals surface area contributed by atoms with Crippen molar-refractivity contribution in [1.82, 2.24) is 14.5 Å². The number of imidazole rings is 1. The molecule has 0 bridgehead atoms. The fraction of sp³-hybridized carbons (Fsp3) is 0.200. The molecule has 0 aliphatic heterocycles. The third kappa shape index (κ3) is 8.65. The molecule has 0 spiro atoms. The van der Waals surface area contributed by atoms with Gasteiger partial charge in [-0.15, -0.1) is 29.3 Å². The first-order valence-electron chi connectivity index (χ1n) is 22.7. The molecule has 65 heavy (non-hydrogen) atoms. The van der Waals surface area contributed by atoms with E-state index in [1.807, 2.05) is 18.3 Å². The molecule has 1 N–H and O–H groups in total. The summed E-state index contributed by atoms with van der Waals surface area (Å²) in [5.41, 5.74) is 18.9. The van der Waals surface area contributed by atoms with Gasteiger partial charge in [-0.2, -0.15) is 0 Å². The molecule has 1 aliphatic rings. The molecular formula is C60H54N3OPt-. The standard InChI is InChI=1S/C60H54N3O.Pt/c1-59(2,3)48-28-29-54(51(38-48)42-18-11-8-12-19-42)63-55-23-15-22-50(57(55)62-58(63)52-35-43-20-13-14-21-44(43)37-56(52)64)46-32-47(34-49(33-46)60(4,5)6)53-36-45(30-31-61-53)41-26-24-40(25-27-41)39-16-9-7-10-17-39;/h7-12,15-19,22-31,33-38,64H,13-14,20-21H2,1-6H3;/q-1;. The Labute approximate surface area is 398 Å². The molecule has 0 saturated carbocycles. The molecule has 0 saturated heterocycles. The molecule has 10 rings (SSSR count). The second-order valence-electron chi connectivity index (χ2n) is 19.5. The Morgan fingerprint density at radius 2 is 1.14 bits per heavy atom. The van der Waals surface area contributed by atoms with Crippen LogP contribution in [0.15, 0.2) is 164 Å². The van der Waals surface area contributed by atoms with Gasteiger partial charge in [-0.05, 0) is 117 Å². The van der Waals surface area contributed by atoms with E-state index in [0.717, 1.165) is 92.6 Å². The van der Waals surface area contributed by atoms with Crippen LogP contribution in [0.5, 0.6) is 5.75 Å². The van der Waals surface area contributed by atoms with E-state index in [-0.39, 0.29) is 37.6 Å². The average Bonchev–Trinajstić information content (AvgIpc) is 3.70. The van der Waals surface area contributed by atoms with Crippen molar-refractivity contribution >= 4 is 11.0 Å². The molecule has 5 heteroatoms. The molecule has 0 amide bonds. The zero-order valence-electron chi connectivity index (χ0n) is 38.0. The van der Waals surface area contributed by atoms with Crippen LogP contribution in [0.2, 0.25) is 0 Å². The number of aryl methyl sites for hydroxylation is 2.